The van der Waals surface area contributed by atoms with Crippen LogP contribution in [-0.2, 0) is 23.7 Å². The van der Waals surface area contributed by atoms with Gasteiger partial charge in [-0.05, 0) is 39.7 Å². The molecule has 0 radical (unpaired) electrons. The van der Waals surface area contributed by atoms with Gasteiger partial charge in [-0.2, -0.15) is 0 Å². The van der Waals surface area contributed by atoms with Crippen molar-refractivity contribution in [1.29, 1.82) is 0 Å². The highest BCUT2D eigenvalue weighted by molar-refractivity contribution is 5.76. The van der Waals surface area contributed by atoms with Crippen molar-refractivity contribution in [2.45, 2.75) is 84.2 Å². The molecule has 0 saturated carbocycles. The zero-order chi connectivity index (χ0) is 20.2. The fourth-order valence-corrected chi connectivity index (χ4v) is 2.74. The van der Waals surface area contributed by atoms with Gasteiger partial charge in [0.2, 0.25) is 0 Å². The lowest BCUT2D eigenvalue weighted by Crippen LogP contribution is -2.49. The number of esters is 1. The van der Waals surface area contributed by atoms with Gasteiger partial charge in [-0.15, -0.1) is 0 Å². The summed E-state index contributed by atoms with van der Waals surface area (Å²) in [4.78, 5) is 12.2. The number of unbranched alkanes of at least 4 members (excludes halogenated alkanes) is 7. The van der Waals surface area contributed by atoms with Gasteiger partial charge in [0.1, 0.15) is 5.41 Å². The van der Waals surface area contributed by atoms with E-state index in [4.69, 9.17) is 24.1 Å². The van der Waals surface area contributed by atoms with Gasteiger partial charge in [0.05, 0.1) is 26.4 Å². The Hall–Kier alpha value is -0.950. The summed E-state index contributed by atoms with van der Waals surface area (Å²) < 4.78 is 21.7. The molecule has 1 atom stereocenters. The first-order valence-corrected chi connectivity index (χ1v) is 10.2. The van der Waals surface area contributed by atoms with Crippen molar-refractivity contribution in [3.8, 4) is 0 Å². The minimum atomic E-state index is -0.841. The molecule has 6 heteroatoms. The normalized spacial score (nSPS) is 19.4. The Labute approximate surface area is 164 Å². The van der Waals surface area contributed by atoms with E-state index in [1.165, 1.54) is 25.3 Å². The molecule has 1 heterocycles. The van der Waals surface area contributed by atoms with Gasteiger partial charge < -0.3 is 24.1 Å². The molecule has 0 aromatic heterocycles. The van der Waals surface area contributed by atoms with Crippen molar-refractivity contribution in [2.24, 2.45) is 5.41 Å². The van der Waals surface area contributed by atoms with Crippen molar-refractivity contribution in [3.63, 3.8) is 0 Å². The first-order chi connectivity index (χ1) is 12.8. The van der Waals surface area contributed by atoms with Gasteiger partial charge in [0.25, 0.3) is 0 Å². The molecule has 1 fully saturated rings. The van der Waals surface area contributed by atoms with E-state index in [9.17, 15) is 4.79 Å². The number of carbonyl (C=O) groups is 1. The minimum absolute atomic E-state index is 0.234. The molecule has 158 valence electrons. The van der Waals surface area contributed by atoms with Crippen molar-refractivity contribution in [1.82, 2.24) is 0 Å². The van der Waals surface area contributed by atoms with Crippen molar-refractivity contribution < 1.29 is 28.8 Å². The number of hydrogen-bond donors (Lipinski definition) is 1. The summed E-state index contributed by atoms with van der Waals surface area (Å²) in [6.07, 6.45) is 9.30. The molecule has 6 nitrogen and oxygen atoms in total. The van der Waals surface area contributed by atoms with Crippen LogP contribution in [0.4, 0.5) is 0 Å². The average molecular weight is 387 g/mol. The molecule has 0 bridgehead atoms. The molecule has 0 aromatic rings. The van der Waals surface area contributed by atoms with E-state index in [-0.39, 0.29) is 5.97 Å². The van der Waals surface area contributed by atoms with Gasteiger partial charge >= 0.3 is 5.97 Å². The van der Waals surface area contributed by atoms with Gasteiger partial charge in [0.15, 0.2) is 12.1 Å². The average Bonchev–Trinajstić information content (AvgIpc) is 2.64. The van der Waals surface area contributed by atoms with E-state index >= 15 is 0 Å². The molecule has 1 N–H and O–H groups in total. The summed E-state index contributed by atoms with van der Waals surface area (Å²) >= 11 is 0. The molecule has 1 aliphatic heterocycles. The van der Waals surface area contributed by atoms with Crippen LogP contribution in [-0.4, -0.2) is 49.6 Å². The van der Waals surface area contributed by atoms with Gasteiger partial charge in [-0.1, -0.05) is 45.1 Å². The number of carbonyl (C=O) groups excluding carboxylic acids is 1. The Balaban J connectivity index is 1.93. The largest absolute Gasteiger partial charge is 0.465 e. The van der Waals surface area contributed by atoms with Crippen LogP contribution in [0.1, 0.15) is 72.1 Å². The Kier molecular flexibility index (Phi) is 11.1. The van der Waals surface area contributed by atoms with Gasteiger partial charge in [-0.25, -0.2) is 0 Å². The second kappa shape index (κ2) is 12.5. The van der Waals surface area contributed by atoms with E-state index in [0.29, 0.717) is 26.4 Å². The van der Waals surface area contributed by atoms with Gasteiger partial charge in [-0.3, -0.25) is 4.79 Å². The maximum absolute atomic E-state index is 12.2. The van der Waals surface area contributed by atoms with Crippen molar-refractivity contribution in [3.05, 3.63) is 12.7 Å². The van der Waals surface area contributed by atoms with Crippen molar-refractivity contribution >= 4 is 5.97 Å². The Morgan fingerprint density at radius 1 is 1.00 bits per heavy atom. The highest BCUT2D eigenvalue weighted by atomic mass is 16.7. The summed E-state index contributed by atoms with van der Waals surface area (Å²) in [5.41, 5.74) is -0.707. The molecule has 1 saturated heterocycles. The predicted molar refractivity (Wildman–Crippen MR) is 104 cm³/mol. The third-order valence-corrected chi connectivity index (χ3v) is 4.73. The molecular formula is C21H38O6. The molecule has 0 amide bonds. The Bertz CT molecular complexity index is 424. The highest BCUT2D eigenvalue weighted by Crippen LogP contribution is 2.30. The molecule has 0 spiro atoms. The first kappa shape index (κ1) is 24.1. The van der Waals surface area contributed by atoms with E-state index < -0.39 is 17.5 Å². The third-order valence-electron chi connectivity index (χ3n) is 4.73. The van der Waals surface area contributed by atoms with Crippen LogP contribution >= 0.6 is 0 Å². The van der Waals surface area contributed by atoms with Crippen LogP contribution in [0.5, 0.6) is 0 Å². The summed E-state index contributed by atoms with van der Waals surface area (Å²) in [7, 11) is 0. The standard InChI is InChI=1S/C21H38O6/c1-5-18(22)24-14-12-10-8-6-7-9-11-13-15-25-19(23)21(4)16-26-20(2,3)27-17-21/h5,18,22H,1,6-17H2,2-4H3. The maximum atomic E-state index is 12.2. The lowest BCUT2D eigenvalue weighted by atomic mass is 9.92. The summed E-state index contributed by atoms with van der Waals surface area (Å²) in [5, 5.41) is 9.16. The van der Waals surface area contributed by atoms with E-state index in [0.717, 1.165) is 32.1 Å². The fraction of sp³-hybridized carbons (Fsp3) is 0.857. The van der Waals surface area contributed by atoms with Crippen molar-refractivity contribution in [2.75, 3.05) is 26.4 Å². The zero-order valence-electron chi connectivity index (χ0n) is 17.3. The molecule has 0 aromatic carbocycles. The quantitative estimate of drug-likeness (QED) is 0.211. The minimum Gasteiger partial charge on any atom is -0.465 e. The number of ether oxygens (including phenoxy) is 4. The van der Waals surface area contributed by atoms with Crippen LogP contribution in [0.15, 0.2) is 12.7 Å². The van der Waals surface area contributed by atoms with E-state index in [1.54, 1.807) is 0 Å². The predicted octanol–water partition coefficient (Wildman–Crippen LogP) is 3.96. The Morgan fingerprint density at radius 2 is 1.48 bits per heavy atom. The number of rotatable bonds is 14. The summed E-state index contributed by atoms with van der Waals surface area (Å²) in [6, 6.07) is 0. The third kappa shape index (κ3) is 10.2. The lowest BCUT2D eigenvalue weighted by molar-refractivity contribution is -0.281. The molecule has 1 rings (SSSR count). The molecule has 0 aliphatic carbocycles. The fourth-order valence-electron chi connectivity index (χ4n) is 2.74. The summed E-state index contributed by atoms with van der Waals surface area (Å²) in [6.45, 7) is 10.7. The number of hydrogen-bond acceptors (Lipinski definition) is 6. The Morgan fingerprint density at radius 3 is 2.00 bits per heavy atom. The van der Waals surface area contributed by atoms with Crippen LogP contribution in [0.3, 0.4) is 0 Å². The SMILES string of the molecule is C=CC(O)OCCCCCCCCCCOC(=O)C1(C)COC(C)(C)OC1. The maximum Gasteiger partial charge on any atom is 0.316 e. The molecule has 1 unspecified atom stereocenters. The second-order valence-electron chi connectivity index (χ2n) is 8.00. The molecule has 27 heavy (non-hydrogen) atoms. The number of aliphatic hydroxyl groups excluding tert-OH is 1. The monoisotopic (exact) mass is 386 g/mol. The van der Waals surface area contributed by atoms with Crippen LogP contribution in [0.25, 0.3) is 0 Å². The smallest absolute Gasteiger partial charge is 0.316 e. The zero-order valence-corrected chi connectivity index (χ0v) is 17.3. The summed E-state index contributed by atoms with van der Waals surface area (Å²) in [5.74, 6) is -0.860. The number of aliphatic hydroxyl groups is 1. The first-order valence-electron chi connectivity index (χ1n) is 10.2. The lowest BCUT2D eigenvalue weighted by Gasteiger charge is -2.39. The van der Waals surface area contributed by atoms with Crippen LogP contribution in [0, 0.1) is 5.41 Å². The van der Waals surface area contributed by atoms with E-state index in [1.807, 2.05) is 20.8 Å². The van der Waals surface area contributed by atoms with Crippen LogP contribution in [0.2, 0.25) is 0 Å². The molecular weight excluding hydrogens is 348 g/mol. The molecule has 1 aliphatic rings. The van der Waals surface area contributed by atoms with Crippen LogP contribution < -0.4 is 0 Å². The topological polar surface area (TPSA) is 74.2 Å². The van der Waals surface area contributed by atoms with E-state index in [2.05, 4.69) is 6.58 Å². The second-order valence-corrected chi connectivity index (χ2v) is 8.00. The van der Waals surface area contributed by atoms with Gasteiger partial charge in [0, 0.05) is 0 Å². The highest BCUT2D eigenvalue weighted by Gasteiger charge is 2.43.